The summed E-state index contributed by atoms with van der Waals surface area (Å²) in [4.78, 5) is 3.49. The average molecular weight is 311 g/mol. The number of nitrogens with one attached hydrogen (secondary N) is 1. The topological polar surface area (TPSA) is 43.5 Å². The van der Waals surface area contributed by atoms with E-state index in [9.17, 15) is 0 Å². The van der Waals surface area contributed by atoms with Crippen LogP contribution in [-0.2, 0) is 4.74 Å². The van der Waals surface area contributed by atoms with E-state index in [1.165, 1.54) is 5.56 Å². The molecular weight excluding hydrogens is 290 g/mol. The number of aromatic nitrogens is 1. The fourth-order valence-corrected chi connectivity index (χ4v) is 2.82. The van der Waals surface area contributed by atoms with Gasteiger partial charge in [-0.2, -0.15) is 0 Å². The molecule has 0 aliphatic rings. The van der Waals surface area contributed by atoms with Crippen molar-refractivity contribution in [1.29, 1.82) is 0 Å². The molecule has 4 nitrogen and oxygen atoms in total. The molecule has 0 atom stereocenters. The summed E-state index contributed by atoms with van der Waals surface area (Å²) in [5.41, 5.74) is 5.64. The van der Waals surface area contributed by atoms with Crippen LogP contribution in [0.1, 0.15) is 11.1 Å². The molecule has 23 heavy (non-hydrogen) atoms. The van der Waals surface area contributed by atoms with Gasteiger partial charge in [0.15, 0.2) is 18.3 Å². The van der Waals surface area contributed by atoms with E-state index in [1.54, 1.807) is 14.2 Å². The molecular formula is C19H21NO3. The van der Waals surface area contributed by atoms with Crippen molar-refractivity contribution in [3.05, 3.63) is 47.5 Å². The van der Waals surface area contributed by atoms with Crippen LogP contribution in [0.3, 0.4) is 0 Å². The van der Waals surface area contributed by atoms with E-state index >= 15 is 0 Å². The van der Waals surface area contributed by atoms with Crippen LogP contribution in [0.25, 0.3) is 22.2 Å². The highest BCUT2D eigenvalue weighted by molar-refractivity contribution is 5.96. The quantitative estimate of drug-likeness (QED) is 0.708. The van der Waals surface area contributed by atoms with E-state index in [0.29, 0.717) is 11.5 Å². The van der Waals surface area contributed by atoms with Crippen LogP contribution in [0.15, 0.2) is 36.4 Å². The third-order valence-corrected chi connectivity index (χ3v) is 4.01. The highest BCUT2D eigenvalue weighted by atomic mass is 16.7. The lowest BCUT2D eigenvalue weighted by molar-refractivity contribution is 0.0503. The van der Waals surface area contributed by atoms with Crippen LogP contribution >= 0.6 is 0 Å². The summed E-state index contributed by atoms with van der Waals surface area (Å²) in [7, 11) is 3.25. The lowest BCUT2D eigenvalue weighted by Gasteiger charge is -2.11. The fourth-order valence-electron chi connectivity index (χ4n) is 2.82. The number of hydrogen-bond donors (Lipinski definition) is 1. The zero-order chi connectivity index (χ0) is 16.4. The standard InChI is InChI=1S/C19H21NO3/c1-12-5-7-14(8-6-12)18-13(2)17-15(20-18)9-10-16(22-4)19(17)23-11-21-3/h5-10,20H,11H2,1-4H3. The number of H-pyrrole nitrogens is 1. The zero-order valence-corrected chi connectivity index (χ0v) is 13.9. The smallest absolute Gasteiger partial charge is 0.188 e. The minimum absolute atomic E-state index is 0.181. The second-order valence-corrected chi connectivity index (χ2v) is 5.56. The molecule has 0 unspecified atom stereocenters. The summed E-state index contributed by atoms with van der Waals surface area (Å²) in [5, 5.41) is 1.02. The number of fused-ring (bicyclic) bond motifs is 1. The van der Waals surface area contributed by atoms with Gasteiger partial charge in [-0.1, -0.05) is 29.8 Å². The third kappa shape index (κ3) is 2.78. The van der Waals surface area contributed by atoms with E-state index in [1.807, 2.05) is 12.1 Å². The Morgan fingerprint density at radius 2 is 1.70 bits per heavy atom. The fraction of sp³-hybridized carbons (Fsp3) is 0.263. The molecule has 0 aliphatic heterocycles. The van der Waals surface area contributed by atoms with Gasteiger partial charge in [-0.25, -0.2) is 0 Å². The lowest BCUT2D eigenvalue weighted by atomic mass is 10.0. The molecule has 0 fully saturated rings. The van der Waals surface area contributed by atoms with Gasteiger partial charge in [0.25, 0.3) is 0 Å². The first-order valence-electron chi connectivity index (χ1n) is 7.53. The van der Waals surface area contributed by atoms with Gasteiger partial charge in [0.05, 0.1) is 12.6 Å². The zero-order valence-electron chi connectivity index (χ0n) is 13.9. The molecule has 2 aromatic carbocycles. The summed E-state index contributed by atoms with van der Waals surface area (Å²) >= 11 is 0. The van der Waals surface area contributed by atoms with Crippen molar-refractivity contribution in [2.24, 2.45) is 0 Å². The van der Waals surface area contributed by atoms with E-state index in [0.717, 1.165) is 27.7 Å². The Bertz CT molecular complexity index is 819. The normalized spacial score (nSPS) is 11.0. The first-order chi connectivity index (χ1) is 11.2. The molecule has 0 aliphatic carbocycles. The van der Waals surface area contributed by atoms with Crippen molar-refractivity contribution in [2.75, 3.05) is 21.0 Å². The summed E-state index contributed by atoms with van der Waals surface area (Å²) in [6.07, 6.45) is 0. The molecule has 3 aromatic rings. The van der Waals surface area contributed by atoms with Crippen molar-refractivity contribution in [2.45, 2.75) is 13.8 Å². The van der Waals surface area contributed by atoms with Gasteiger partial charge < -0.3 is 19.2 Å². The van der Waals surface area contributed by atoms with Gasteiger partial charge in [-0.15, -0.1) is 0 Å². The first kappa shape index (κ1) is 15.4. The Labute approximate surface area is 136 Å². The molecule has 120 valence electrons. The number of hydrogen-bond acceptors (Lipinski definition) is 3. The van der Waals surface area contributed by atoms with Crippen LogP contribution in [0.4, 0.5) is 0 Å². The minimum atomic E-state index is 0.181. The summed E-state index contributed by atoms with van der Waals surface area (Å²) in [5.74, 6) is 1.41. The predicted octanol–water partition coefficient (Wildman–Crippen LogP) is 4.44. The molecule has 0 amide bonds. The number of ether oxygens (including phenoxy) is 3. The van der Waals surface area contributed by atoms with Crippen LogP contribution < -0.4 is 9.47 Å². The maximum absolute atomic E-state index is 5.77. The van der Waals surface area contributed by atoms with Crippen LogP contribution in [-0.4, -0.2) is 26.0 Å². The summed E-state index contributed by atoms with van der Waals surface area (Å²) in [6, 6.07) is 12.4. The molecule has 0 saturated heterocycles. The van der Waals surface area contributed by atoms with E-state index in [-0.39, 0.29) is 6.79 Å². The highest BCUT2D eigenvalue weighted by Crippen LogP contribution is 2.41. The highest BCUT2D eigenvalue weighted by Gasteiger charge is 2.17. The Morgan fingerprint density at radius 1 is 0.957 bits per heavy atom. The maximum atomic E-state index is 5.77. The van der Waals surface area contributed by atoms with Crippen molar-refractivity contribution in [3.8, 4) is 22.8 Å². The van der Waals surface area contributed by atoms with E-state index in [4.69, 9.17) is 14.2 Å². The second-order valence-electron chi connectivity index (χ2n) is 5.56. The Hall–Kier alpha value is -2.46. The molecule has 0 spiro atoms. The van der Waals surface area contributed by atoms with Gasteiger partial charge in [-0.05, 0) is 37.1 Å². The Kier molecular flexibility index (Phi) is 4.26. The lowest BCUT2D eigenvalue weighted by Crippen LogP contribution is -2.01. The average Bonchev–Trinajstić information content (AvgIpc) is 2.90. The molecule has 4 heteroatoms. The van der Waals surface area contributed by atoms with Crippen LogP contribution in [0.5, 0.6) is 11.5 Å². The predicted molar refractivity (Wildman–Crippen MR) is 92.3 cm³/mol. The molecule has 1 aromatic heterocycles. The molecule has 0 saturated carbocycles. The van der Waals surface area contributed by atoms with Gasteiger partial charge in [0.2, 0.25) is 0 Å². The van der Waals surface area contributed by atoms with Crippen molar-refractivity contribution < 1.29 is 14.2 Å². The Morgan fingerprint density at radius 3 is 2.35 bits per heavy atom. The minimum Gasteiger partial charge on any atom is -0.493 e. The largest absolute Gasteiger partial charge is 0.493 e. The molecule has 0 bridgehead atoms. The Balaban J connectivity index is 2.19. The molecule has 3 rings (SSSR count). The van der Waals surface area contributed by atoms with Crippen molar-refractivity contribution >= 4 is 10.9 Å². The first-order valence-corrected chi connectivity index (χ1v) is 7.53. The monoisotopic (exact) mass is 311 g/mol. The van der Waals surface area contributed by atoms with E-state index in [2.05, 4.69) is 43.1 Å². The van der Waals surface area contributed by atoms with Gasteiger partial charge in [0.1, 0.15) is 0 Å². The third-order valence-electron chi connectivity index (χ3n) is 4.01. The van der Waals surface area contributed by atoms with Crippen LogP contribution in [0.2, 0.25) is 0 Å². The molecule has 0 radical (unpaired) electrons. The van der Waals surface area contributed by atoms with Gasteiger partial charge in [0, 0.05) is 18.2 Å². The number of methoxy groups -OCH3 is 2. The second kappa shape index (κ2) is 6.34. The van der Waals surface area contributed by atoms with Crippen molar-refractivity contribution in [3.63, 3.8) is 0 Å². The summed E-state index contributed by atoms with van der Waals surface area (Å²) < 4.78 is 16.3. The van der Waals surface area contributed by atoms with Crippen molar-refractivity contribution in [1.82, 2.24) is 4.98 Å². The SMILES string of the molecule is COCOc1c(OC)ccc2[nH]c(-c3ccc(C)cc3)c(C)c12. The number of rotatable bonds is 5. The van der Waals surface area contributed by atoms with Gasteiger partial charge >= 0.3 is 0 Å². The molecule has 1 N–H and O–H groups in total. The summed E-state index contributed by atoms with van der Waals surface area (Å²) in [6.45, 7) is 4.36. The van der Waals surface area contributed by atoms with Crippen LogP contribution in [0, 0.1) is 13.8 Å². The molecule has 1 heterocycles. The number of benzene rings is 2. The number of aromatic amines is 1. The maximum Gasteiger partial charge on any atom is 0.188 e. The number of aryl methyl sites for hydroxylation is 2. The van der Waals surface area contributed by atoms with Gasteiger partial charge in [-0.3, -0.25) is 0 Å². The van der Waals surface area contributed by atoms with E-state index < -0.39 is 0 Å².